The first-order valence-corrected chi connectivity index (χ1v) is 8.57. The van der Waals surface area contributed by atoms with E-state index in [1.54, 1.807) is 0 Å². The third-order valence-corrected chi connectivity index (χ3v) is 4.02. The maximum Gasteiger partial charge on any atom is 0.425 e. The van der Waals surface area contributed by atoms with Crippen LogP contribution >= 0.6 is 0 Å². The molecule has 0 N–H and O–H groups in total. The van der Waals surface area contributed by atoms with Gasteiger partial charge >= 0.3 is 6.18 Å². The Balaban J connectivity index is 2.04. The average Bonchev–Trinajstić information content (AvgIpc) is 2.69. The highest BCUT2D eigenvalue weighted by molar-refractivity contribution is 6.13. The fraction of sp³-hybridized carbons (Fsp3) is 0.136. The Morgan fingerprint density at radius 3 is 1.89 bits per heavy atom. The first kappa shape index (κ1) is 19.6. The fourth-order valence-corrected chi connectivity index (χ4v) is 2.53. The summed E-state index contributed by atoms with van der Waals surface area (Å²) in [6.45, 7) is 0.895. The molecular weight excluding hydrogens is 370 g/mol. The number of aliphatic imine (C=N–C) groups is 1. The van der Waals surface area contributed by atoms with Crippen LogP contribution in [0.4, 0.5) is 23.2 Å². The van der Waals surface area contributed by atoms with Crippen molar-refractivity contribution >= 4 is 11.4 Å². The van der Waals surface area contributed by atoms with E-state index in [-0.39, 0.29) is 11.4 Å². The van der Waals surface area contributed by atoms with Gasteiger partial charge in [-0.3, -0.25) is 0 Å². The molecule has 0 aliphatic rings. The predicted octanol–water partition coefficient (Wildman–Crippen LogP) is 6.32. The van der Waals surface area contributed by atoms with Crippen molar-refractivity contribution in [2.75, 3.05) is 0 Å². The molecule has 0 aliphatic carbocycles. The minimum Gasteiger partial charge on any atom is -0.481 e. The van der Waals surface area contributed by atoms with Gasteiger partial charge in [-0.15, -0.1) is 0 Å². The van der Waals surface area contributed by atoms with Gasteiger partial charge in [-0.2, -0.15) is 13.2 Å². The van der Waals surface area contributed by atoms with Crippen molar-refractivity contribution in [2.24, 2.45) is 4.99 Å². The van der Waals surface area contributed by atoms with E-state index in [9.17, 15) is 17.6 Å². The minimum atomic E-state index is -4.52. The van der Waals surface area contributed by atoms with E-state index < -0.39 is 18.1 Å². The lowest BCUT2D eigenvalue weighted by Crippen LogP contribution is -2.31. The van der Waals surface area contributed by atoms with Crippen LogP contribution in [0.25, 0.3) is 0 Å². The van der Waals surface area contributed by atoms with Gasteiger partial charge in [-0.25, -0.2) is 9.38 Å². The van der Waals surface area contributed by atoms with E-state index in [0.717, 1.165) is 30.2 Å². The standard InChI is InChI=1S/C22H17F4NO/c1-15(22(24,25)26)28-18-12-13-19(23)20(14-18)27-21(16-8-4-2-5-9-16)17-10-6-3-7-11-17/h2-15H,1H3/t15-/m0/s1. The van der Waals surface area contributed by atoms with Crippen molar-refractivity contribution in [2.45, 2.75) is 19.2 Å². The molecule has 0 radical (unpaired) electrons. The number of benzene rings is 3. The molecule has 28 heavy (non-hydrogen) atoms. The van der Waals surface area contributed by atoms with Crippen molar-refractivity contribution in [1.82, 2.24) is 0 Å². The van der Waals surface area contributed by atoms with Crippen LogP contribution in [-0.2, 0) is 0 Å². The number of halogens is 4. The second kappa shape index (κ2) is 8.25. The van der Waals surface area contributed by atoms with Crippen LogP contribution in [0.5, 0.6) is 5.75 Å². The zero-order valence-electron chi connectivity index (χ0n) is 15.0. The molecule has 0 aliphatic heterocycles. The van der Waals surface area contributed by atoms with E-state index in [2.05, 4.69) is 4.99 Å². The number of hydrogen-bond acceptors (Lipinski definition) is 2. The molecule has 0 fully saturated rings. The molecule has 0 saturated heterocycles. The monoisotopic (exact) mass is 387 g/mol. The lowest BCUT2D eigenvalue weighted by atomic mass is 10.0. The number of alkyl halides is 3. The molecule has 6 heteroatoms. The SMILES string of the molecule is C[C@H](Oc1ccc(F)c(N=C(c2ccccc2)c2ccccc2)c1)C(F)(F)F. The highest BCUT2D eigenvalue weighted by Gasteiger charge is 2.38. The van der Waals surface area contributed by atoms with E-state index in [1.165, 1.54) is 6.07 Å². The molecule has 0 spiro atoms. The van der Waals surface area contributed by atoms with Crippen molar-refractivity contribution in [1.29, 1.82) is 0 Å². The van der Waals surface area contributed by atoms with Crippen molar-refractivity contribution in [3.05, 3.63) is 95.8 Å². The number of hydrogen-bond donors (Lipinski definition) is 0. The van der Waals surface area contributed by atoms with Gasteiger partial charge in [-0.05, 0) is 19.1 Å². The van der Waals surface area contributed by atoms with Crippen molar-refractivity contribution < 1.29 is 22.3 Å². The van der Waals surface area contributed by atoms with E-state index in [0.29, 0.717) is 5.71 Å². The number of nitrogens with zero attached hydrogens (tertiary/aromatic N) is 1. The van der Waals surface area contributed by atoms with Crippen LogP contribution in [0.2, 0.25) is 0 Å². The molecule has 0 bridgehead atoms. The molecule has 0 heterocycles. The Hall–Kier alpha value is -3.15. The molecule has 2 nitrogen and oxygen atoms in total. The Morgan fingerprint density at radius 1 is 0.857 bits per heavy atom. The molecule has 0 aromatic heterocycles. The normalized spacial score (nSPS) is 12.3. The third kappa shape index (κ3) is 4.76. The van der Waals surface area contributed by atoms with Gasteiger partial charge in [0.25, 0.3) is 0 Å². The highest BCUT2D eigenvalue weighted by Crippen LogP contribution is 2.30. The van der Waals surface area contributed by atoms with Crippen LogP contribution in [0.3, 0.4) is 0 Å². The largest absolute Gasteiger partial charge is 0.481 e. The Bertz CT molecular complexity index is 912. The van der Waals surface area contributed by atoms with Gasteiger partial charge in [0.2, 0.25) is 0 Å². The molecule has 1 atom stereocenters. The lowest BCUT2D eigenvalue weighted by molar-refractivity contribution is -0.189. The first-order chi connectivity index (χ1) is 13.3. The average molecular weight is 387 g/mol. The molecule has 3 aromatic rings. The summed E-state index contributed by atoms with van der Waals surface area (Å²) in [5, 5.41) is 0. The first-order valence-electron chi connectivity index (χ1n) is 8.57. The second-order valence-corrected chi connectivity index (χ2v) is 6.11. The summed E-state index contributed by atoms with van der Waals surface area (Å²) in [6.07, 6.45) is -6.53. The molecule has 144 valence electrons. The highest BCUT2D eigenvalue weighted by atomic mass is 19.4. The topological polar surface area (TPSA) is 21.6 Å². The quantitative estimate of drug-likeness (QED) is 0.371. The summed E-state index contributed by atoms with van der Waals surface area (Å²) in [5.74, 6) is -0.762. The Morgan fingerprint density at radius 2 is 1.39 bits per heavy atom. The zero-order chi connectivity index (χ0) is 20.1. The van der Waals surface area contributed by atoms with Gasteiger partial charge < -0.3 is 4.74 Å². The maximum atomic E-state index is 14.3. The summed E-state index contributed by atoms with van der Waals surface area (Å²) in [6, 6.07) is 21.7. The minimum absolute atomic E-state index is 0.102. The molecule has 3 rings (SSSR count). The summed E-state index contributed by atoms with van der Waals surface area (Å²) < 4.78 is 57.5. The van der Waals surface area contributed by atoms with E-state index >= 15 is 0 Å². The number of ether oxygens (including phenoxy) is 1. The van der Waals surface area contributed by atoms with E-state index in [1.807, 2.05) is 60.7 Å². The molecule has 0 saturated carbocycles. The maximum absolute atomic E-state index is 14.3. The van der Waals surface area contributed by atoms with Gasteiger partial charge in [0, 0.05) is 17.2 Å². The second-order valence-electron chi connectivity index (χ2n) is 6.11. The smallest absolute Gasteiger partial charge is 0.425 e. The number of rotatable bonds is 5. The van der Waals surface area contributed by atoms with Gasteiger partial charge in [0.1, 0.15) is 17.3 Å². The predicted molar refractivity (Wildman–Crippen MR) is 101 cm³/mol. The zero-order valence-corrected chi connectivity index (χ0v) is 15.0. The van der Waals surface area contributed by atoms with Gasteiger partial charge in [0.15, 0.2) is 6.10 Å². The van der Waals surface area contributed by atoms with E-state index in [4.69, 9.17) is 4.74 Å². The summed E-state index contributed by atoms with van der Waals surface area (Å²) >= 11 is 0. The summed E-state index contributed by atoms with van der Waals surface area (Å²) in [7, 11) is 0. The fourth-order valence-electron chi connectivity index (χ4n) is 2.53. The Labute approximate surface area is 160 Å². The molecule has 0 unspecified atom stereocenters. The lowest BCUT2D eigenvalue weighted by Gasteiger charge is -2.18. The van der Waals surface area contributed by atoms with Gasteiger partial charge in [0.05, 0.1) is 5.71 Å². The summed E-state index contributed by atoms with van der Waals surface area (Å²) in [5.41, 5.74) is 1.90. The van der Waals surface area contributed by atoms with Crippen molar-refractivity contribution in [3.8, 4) is 5.75 Å². The van der Waals surface area contributed by atoms with Crippen molar-refractivity contribution in [3.63, 3.8) is 0 Å². The van der Waals surface area contributed by atoms with Crippen LogP contribution < -0.4 is 4.74 Å². The van der Waals surface area contributed by atoms with Crippen LogP contribution in [0.15, 0.2) is 83.9 Å². The Kier molecular flexibility index (Phi) is 5.78. The van der Waals surface area contributed by atoms with Crippen LogP contribution in [0.1, 0.15) is 18.1 Å². The van der Waals surface area contributed by atoms with Gasteiger partial charge in [-0.1, -0.05) is 60.7 Å². The van der Waals surface area contributed by atoms with Crippen LogP contribution in [-0.4, -0.2) is 18.0 Å². The molecular formula is C22H17F4NO. The van der Waals surface area contributed by atoms with Crippen LogP contribution in [0, 0.1) is 5.82 Å². The third-order valence-electron chi connectivity index (χ3n) is 4.02. The summed E-state index contributed by atoms with van der Waals surface area (Å²) in [4.78, 5) is 4.41. The molecule has 0 amide bonds. The molecule has 3 aromatic carbocycles.